The van der Waals surface area contributed by atoms with E-state index in [1.54, 1.807) is 0 Å². The average molecular weight is 515 g/mol. The first-order valence-electron chi connectivity index (χ1n) is 13.7. The molecule has 0 aromatic heterocycles. The molecule has 2 heterocycles. The zero-order valence-electron chi connectivity index (χ0n) is 22.3. The summed E-state index contributed by atoms with van der Waals surface area (Å²) >= 11 is 0. The van der Waals surface area contributed by atoms with Crippen LogP contribution in [-0.2, 0) is 28.5 Å². The van der Waals surface area contributed by atoms with Gasteiger partial charge in [0.2, 0.25) is 0 Å². The molecule has 0 radical (unpaired) electrons. The Balaban J connectivity index is 0.00000186. The van der Waals surface area contributed by atoms with Crippen molar-refractivity contribution in [1.29, 1.82) is 0 Å². The van der Waals surface area contributed by atoms with Gasteiger partial charge in [-0.05, 0) is 61.8 Å². The number of rotatable bonds is 14. The lowest BCUT2D eigenvalue weighted by atomic mass is 9.91. The number of hydrogen-bond acceptors (Lipinski definition) is 7. The highest BCUT2D eigenvalue weighted by atomic mass is 16.7. The molecule has 0 spiro atoms. The van der Waals surface area contributed by atoms with Crippen molar-refractivity contribution in [2.24, 2.45) is 0 Å². The van der Waals surface area contributed by atoms with Crippen LogP contribution in [0.25, 0.3) is 0 Å². The van der Waals surface area contributed by atoms with Crippen LogP contribution in [0, 0.1) is 0 Å². The van der Waals surface area contributed by atoms with Gasteiger partial charge in [-0.1, -0.05) is 56.3 Å². The smallest absolute Gasteiger partial charge is 0.317 e. The van der Waals surface area contributed by atoms with Crippen LogP contribution < -0.4 is 4.74 Å². The van der Waals surface area contributed by atoms with Crippen molar-refractivity contribution < 1.29 is 33.2 Å². The largest absolute Gasteiger partial charge is 0.494 e. The molecule has 0 saturated carbocycles. The van der Waals surface area contributed by atoms with Crippen LogP contribution in [-0.4, -0.2) is 58.2 Å². The van der Waals surface area contributed by atoms with Crippen LogP contribution in [0.3, 0.4) is 0 Å². The predicted molar refractivity (Wildman–Crippen MR) is 142 cm³/mol. The van der Waals surface area contributed by atoms with E-state index in [0.29, 0.717) is 39.6 Å². The minimum Gasteiger partial charge on any atom is -0.494 e. The van der Waals surface area contributed by atoms with Crippen LogP contribution in [0.1, 0.15) is 69.4 Å². The van der Waals surface area contributed by atoms with Gasteiger partial charge < -0.3 is 28.4 Å². The Morgan fingerprint density at radius 3 is 1.95 bits per heavy atom. The summed E-state index contributed by atoms with van der Waals surface area (Å²) in [7, 11) is 0. The van der Waals surface area contributed by atoms with Crippen LogP contribution >= 0.6 is 0 Å². The van der Waals surface area contributed by atoms with Gasteiger partial charge in [-0.25, -0.2) is 0 Å². The predicted octanol–water partition coefficient (Wildman–Crippen LogP) is 5.85. The highest BCUT2D eigenvalue weighted by Gasteiger charge is 2.25. The molecule has 2 aromatic rings. The van der Waals surface area contributed by atoms with E-state index in [0.717, 1.165) is 55.4 Å². The summed E-state index contributed by atoms with van der Waals surface area (Å²) in [5, 5.41) is 0. The highest BCUT2D eigenvalue weighted by Crippen LogP contribution is 2.29. The summed E-state index contributed by atoms with van der Waals surface area (Å²) in [4.78, 5) is 13.2. The third-order valence-electron chi connectivity index (χ3n) is 6.12. The zero-order chi connectivity index (χ0) is 26.1. The van der Waals surface area contributed by atoms with E-state index in [-0.39, 0.29) is 18.5 Å². The van der Waals surface area contributed by atoms with Gasteiger partial charge >= 0.3 is 5.97 Å². The molecule has 7 nitrogen and oxygen atoms in total. The van der Waals surface area contributed by atoms with Crippen LogP contribution in [0.4, 0.5) is 0 Å². The van der Waals surface area contributed by atoms with Crippen molar-refractivity contribution in [1.82, 2.24) is 0 Å². The van der Waals surface area contributed by atoms with E-state index in [1.807, 2.05) is 68.4 Å². The minimum absolute atomic E-state index is 0.0691. The van der Waals surface area contributed by atoms with Crippen molar-refractivity contribution in [3.63, 3.8) is 0 Å². The molecule has 37 heavy (non-hydrogen) atoms. The number of carbonyl (C=O) groups excluding carboxylic acids is 1. The summed E-state index contributed by atoms with van der Waals surface area (Å²) in [5.41, 5.74) is 1.76. The number of unbranched alkanes of at least 4 members (excludes halogenated alkanes) is 2. The highest BCUT2D eigenvalue weighted by molar-refractivity contribution is 5.82. The van der Waals surface area contributed by atoms with Gasteiger partial charge in [0, 0.05) is 0 Å². The molecule has 2 aliphatic rings. The number of benzene rings is 2. The third-order valence-corrected chi connectivity index (χ3v) is 6.12. The van der Waals surface area contributed by atoms with E-state index >= 15 is 0 Å². The second-order valence-corrected chi connectivity index (χ2v) is 8.77. The van der Waals surface area contributed by atoms with Gasteiger partial charge in [0.25, 0.3) is 0 Å². The Bertz CT molecular complexity index is 877. The normalized spacial score (nSPS) is 16.7. The first-order chi connectivity index (χ1) is 18.3. The number of esters is 1. The fourth-order valence-corrected chi connectivity index (χ4v) is 4.31. The molecular formula is C30H42O7. The molecule has 0 aliphatic carbocycles. The van der Waals surface area contributed by atoms with Gasteiger partial charge in [-0.2, -0.15) is 0 Å². The van der Waals surface area contributed by atoms with Crippen molar-refractivity contribution in [3.05, 3.63) is 65.7 Å². The molecule has 0 bridgehead atoms. The molecule has 2 aliphatic heterocycles. The second kappa shape index (κ2) is 17.1. The standard InChI is InChI=1S/C28H36O7.C2H6/c29-28(35-16-7-5-14-26-33-19-20-34-26)27(22-9-2-1-3-10-22)23-11-8-12-24(21-23)30-15-6-4-13-25-31-17-18-32-25;1-2/h1-3,8-12,21,25-27H,4-7,13-20H2;1-2H3. The van der Waals surface area contributed by atoms with E-state index in [9.17, 15) is 4.79 Å². The Kier molecular flexibility index (Phi) is 13.5. The molecule has 7 heteroatoms. The molecule has 1 atom stereocenters. The summed E-state index contributed by atoms with van der Waals surface area (Å²) in [5.74, 6) is -0.00245. The Hall–Kier alpha value is -2.45. The Morgan fingerprint density at radius 1 is 0.757 bits per heavy atom. The van der Waals surface area contributed by atoms with Gasteiger partial charge in [0.1, 0.15) is 11.7 Å². The van der Waals surface area contributed by atoms with Gasteiger partial charge in [0.05, 0.1) is 39.6 Å². The fourth-order valence-electron chi connectivity index (χ4n) is 4.31. The van der Waals surface area contributed by atoms with Crippen molar-refractivity contribution >= 4 is 5.97 Å². The van der Waals surface area contributed by atoms with Crippen LogP contribution in [0.15, 0.2) is 54.6 Å². The lowest BCUT2D eigenvalue weighted by Crippen LogP contribution is -2.18. The molecule has 1 unspecified atom stereocenters. The molecule has 2 saturated heterocycles. The van der Waals surface area contributed by atoms with Gasteiger partial charge in [0.15, 0.2) is 12.6 Å². The second-order valence-electron chi connectivity index (χ2n) is 8.77. The van der Waals surface area contributed by atoms with E-state index in [4.69, 9.17) is 28.4 Å². The third kappa shape index (κ3) is 10.1. The number of hydrogen-bond donors (Lipinski definition) is 0. The summed E-state index contributed by atoms with van der Waals surface area (Å²) in [6.07, 6.45) is 5.06. The van der Waals surface area contributed by atoms with E-state index < -0.39 is 5.92 Å². The average Bonchev–Trinajstić information content (AvgIpc) is 3.65. The molecule has 2 aromatic carbocycles. The van der Waals surface area contributed by atoms with Crippen molar-refractivity contribution in [2.75, 3.05) is 39.6 Å². The number of carbonyl (C=O) groups is 1. The van der Waals surface area contributed by atoms with Gasteiger partial charge in [-0.3, -0.25) is 4.79 Å². The minimum atomic E-state index is -0.502. The fraction of sp³-hybridized carbons (Fsp3) is 0.567. The molecule has 204 valence electrons. The molecule has 2 fully saturated rings. The topological polar surface area (TPSA) is 72.5 Å². The van der Waals surface area contributed by atoms with Crippen LogP contribution in [0.5, 0.6) is 5.75 Å². The Labute approximate surface area is 221 Å². The van der Waals surface area contributed by atoms with Crippen molar-refractivity contribution in [3.8, 4) is 5.75 Å². The molecule has 0 N–H and O–H groups in total. The molecule has 0 amide bonds. The SMILES string of the molecule is CC.O=C(OCCCCC1OCCO1)C(c1ccccc1)c1cccc(OCCCCC2OCCO2)c1. The van der Waals surface area contributed by atoms with Gasteiger partial charge in [-0.15, -0.1) is 0 Å². The summed E-state index contributed by atoms with van der Waals surface area (Å²) in [6.45, 7) is 7.66. The molecular weight excluding hydrogens is 472 g/mol. The first kappa shape index (κ1) is 29.1. The lowest BCUT2D eigenvalue weighted by molar-refractivity contribution is -0.144. The quantitative estimate of drug-likeness (QED) is 0.231. The Morgan fingerprint density at radius 2 is 1.32 bits per heavy atom. The monoisotopic (exact) mass is 514 g/mol. The van der Waals surface area contributed by atoms with E-state index in [1.165, 1.54) is 0 Å². The summed E-state index contributed by atoms with van der Waals surface area (Å²) in [6, 6.07) is 17.5. The van der Waals surface area contributed by atoms with Crippen LogP contribution in [0.2, 0.25) is 0 Å². The van der Waals surface area contributed by atoms with E-state index in [2.05, 4.69) is 0 Å². The maximum absolute atomic E-state index is 13.2. The first-order valence-corrected chi connectivity index (χ1v) is 13.7. The van der Waals surface area contributed by atoms with Crippen molar-refractivity contribution in [2.45, 2.75) is 70.9 Å². The summed E-state index contributed by atoms with van der Waals surface area (Å²) < 4.78 is 33.5. The number of ether oxygens (including phenoxy) is 6. The molecule has 4 rings (SSSR count). The zero-order valence-corrected chi connectivity index (χ0v) is 22.3. The lowest BCUT2D eigenvalue weighted by Gasteiger charge is -2.18. The maximum Gasteiger partial charge on any atom is 0.317 e. The maximum atomic E-state index is 13.2.